The van der Waals surface area contributed by atoms with Gasteiger partial charge in [0.2, 0.25) is 0 Å². The van der Waals surface area contributed by atoms with E-state index in [1.54, 1.807) is 12.1 Å². The Labute approximate surface area is 211 Å². The van der Waals surface area contributed by atoms with Crippen molar-refractivity contribution in [2.75, 3.05) is 10.6 Å². The maximum atomic E-state index is 13.0. The number of rotatable bonds is 5. The van der Waals surface area contributed by atoms with Crippen LogP contribution in [0.25, 0.3) is 22.2 Å². The zero-order valence-electron chi connectivity index (χ0n) is 20.1. The summed E-state index contributed by atoms with van der Waals surface area (Å²) in [7, 11) is 0. The fourth-order valence-corrected chi connectivity index (χ4v) is 4.09. The first-order chi connectivity index (χ1) is 17.7. The Morgan fingerprint density at radius 3 is 2.46 bits per heavy atom. The van der Waals surface area contributed by atoms with Crippen LogP contribution in [0.4, 0.5) is 30.4 Å². The highest BCUT2D eigenvalue weighted by Gasteiger charge is 2.30. The number of alkyl halides is 3. The molecule has 0 radical (unpaired) electrons. The molecule has 186 valence electrons. The molecule has 5 rings (SSSR count). The molecular weight excluding hydrogens is 477 g/mol. The van der Waals surface area contributed by atoms with E-state index in [2.05, 4.69) is 44.9 Å². The molecule has 0 unspecified atom stereocenters. The van der Waals surface area contributed by atoms with Crippen LogP contribution in [0.1, 0.15) is 27.0 Å². The monoisotopic (exact) mass is 500 g/mol. The van der Waals surface area contributed by atoms with Crippen molar-refractivity contribution in [2.24, 2.45) is 0 Å². The van der Waals surface area contributed by atoms with Gasteiger partial charge in [0, 0.05) is 28.5 Å². The minimum absolute atomic E-state index is 0.0773. The average Bonchev–Trinajstić information content (AvgIpc) is 3.34. The zero-order chi connectivity index (χ0) is 26.2. The Bertz CT molecular complexity index is 1600. The molecule has 5 nitrogen and oxygen atoms in total. The molecule has 0 saturated heterocycles. The van der Waals surface area contributed by atoms with E-state index in [9.17, 15) is 18.0 Å². The first-order valence-corrected chi connectivity index (χ1v) is 11.6. The average molecular weight is 501 g/mol. The minimum atomic E-state index is -4.53. The molecule has 0 aliphatic heterocycles. The van der Waals surface area contributed by atoms with Crippen LogP contribution in [0, 0.1) is 13.8 Å². The van der Waals surface area contributed by atoms with Crippen LogP contribution >= 0.6 is 0 Å². The molecular formula is C29H23F3N4O. The highest BCUT2D eigenvalue weighted by atomic mass is 19.4. The summed E-state index contributed by atoms with van der Waals surface area (Å²) in [6.45, 7) is 3.95. The van der Waals surface area contributed by atoms with Crippen molar-refractivity contribution in [3.05, 3.63) is 107 Å². The Kier molecular flexibility index (Phi) is 6.17. The summed E-state index contributed by atoms with van der Waals surface area (Å²) in [5.41, 5.74) is 5.06. The smallest absolute Gasteiger partial charge is 0.346 e. The number of H-pyrrole nitrogens is 1. The molecule has 0 aliphatic carbocycles. The third-order valence-electron chi connectivity index (χ3n) is 6.10. The van der Waals surface area contributed by atoms with Gasteiger partial charge in [-0.2, -0.15) is 13.2 Å². The van der Waals surface area contributed by atoms with Crippen molar-refractivity contribution in [1.29, 1.82) is 0 Å². The first kappa shape index (κ1) is 24.1. The van der Waals surface area contributed by atoms with Gasteiger partial charge in [-0.25, -0.2) is 4.98 Å². The number of hydrogen-bond donors (Lipinski definition) is 3. The van der Waals surface area contributed by atoms with E-state index in [-0.39, 0.29) is 5.56 Å². The fourth-order valence-electron chi connectivity index (χ4n) is 4.09. The SMILES string of the molecule is Cc1ccc(-c2cc(Nc3cc(NC(=O)c4cccc(C(F)(F)F)c4)ccc3C)nc3[nH]ccc23)cc1. The Morgan fingerprint density at radius 1 is 0.919 bits per heavy atom. The molecule has 0 fully saturated rings. The molecule has 2 heterocycles. The lowest BCUT2D eigenvalue weighted by molar-refractivity contribution is -0.137. The maximum absolute atomic E-state index is 13.0. The van der Waals surface area contributed by atoms with Crippen molar-refractivity contribution >= 4 is 34.1 Å². The molecule has 0 saturated carbocycles. The zero-order valence-corrected chi connectivity index (χ0v) is 20.1. The van der Waals surface area contributed by atoms with Crippen LogP contribution in [0.3, 0.4) is 0 Å². The highest BCUT2D eigenvalue weighted by Crippen LogP contribution is 2.33. The van der Waals surface area contributed by atoms with Crippen molar-refractivity contribution in [1.82, 2.24) is 9.97 Å². The predicted octanol–water partition coefficient (Wildman–Crippen LogP) is 7.86. The Hall–Kier alpha value is -4.59. The van der Waals surface area contributed by atoms with Crippen molar-refractivity contribution < 1.29 is 18.0 Å². The van der Waals surface area contributed by atoms with Gasteiger partial charge in [-0.05, 0) is 73.0 Å². The van der Waals surface area contributed by atoms with Crippen molar-refractivity contribution in [3.8, 4) is 11.1 Å². The summed E-state index contributed by atoms with van der Waals surface area (Å²) >= 11 is 0. The van der Waals surface area contributed by atoms with Crippen molar-refractivity contribution in [3.63, 3.8) is 0 Å². The van der Waals surface area contributed by atoms with Gasteiger partial charge in [0.05, 0.1) is 5.56 Å². The summed E-state index contributed by atoms with van der Waals surface area (Å²) in [6, 6.07) is 21.8. The minimum Gasteiger partial charge on any atom is -0.346 e. The number of anilines is 3. The highest BCUT2D eigenvalue weighted by molar-refractivity contribution is 6.04. The Morgan fingerprint density at radius 2 is 1.70 bits per heavy atom. The van der Waals surface area contributed by atoms with E-state index >= 15 is 0 Å². The molecule has 8 heteroatoms. The summed E-state index contributed by atoms with van der Waals surface area (Å²) < 4.78 is 39.1. The van der Waals surface area contributed by atoms with Gasteiger partial charge in [0.1, 0.15) is 11.5 Å². The van der Waals surface area contributed by atoms with Gasteiger partial charge >= 0.3 is 6.18 Å². The normalized spacial score (nSPS) is 11.5. The van der Waals surface area contributed by atoms with Crippen molar-refractivity contribution in [2.45, 2.75) is 20.0 Å². The lowest BCUT2D eigenvalue weighted by atomic mass is 10.0. The van der Waals surface area contributed by atoms with Gasteiger partial charge in [0.15, 0.2) is 0 Å². The molecule has 0 aliphatic rings. The first-order valence-electron chi connectivity index (χ1n) is 11.6. The molecule has 1 amide bonds. The standard InChI is InChI=1S/C29H23F3N4O/c1-17-6-9-19(10-7-17)24-16-26(36-27-23(24)12-13-33-27)35-25-15-22(11-8-18(25)2)34-28(37)20-4-3-5-21(14-20)29(30,31)32/h3-16H,1-2H3,(H,34,37)(H2,33,35,36). The molecule has 3 N–H and O–H groups in total. The van der Waals surface area contributed by atoms with Crippen LogP contribution in [0.15, 0.2) is 85.1 Å². The van der Waals surface area contributed by atoms with Crippen LogP contribution in [-0.2, 0) is 6.18 Å². The summed E-state index contributed by atoms with van der Waals surface area (Å²) in [5, 5.41) is 7.01. The van der Waals surface area contributed by atoms with Gasteiger partial charge in [-0.3, -0.25) is 4.79 Å². The second kappa shape index (κ2) is 9.46. The quantitative estimate of drug-likeness (QED) is 0.230. The molecule has 0 spiro atoms. The summed E-state index contributed by atoms with van der Waals surface area (Å²) in [4.78, 5) is 20.5. The number of carbonyl (C=O) groups excluding carboxylic acids is 1. The number of halogens is 3. The third-order valence-corrected chi connectivity index (χ3v) is 6.10. The van der Waals surface area contributed by atoms with Crippen LogP contribution in [0.2, 0.25) is 0 Å². The molecule has 0 bridgehead atoms. The number of aryl methyl sites for hydroxylation is 2. The van der Waals surface area contributed by atoms with Gasteiger partial charge in [-0.15, -0.1) is 0 Å². The number of carbonyl (C=O) groups is 1. The van der Waals surface area contributed by atoms with Crippen LogP contribution in [-0.4, -0.2) is 15.9 Å². The van der Waals surface area contributed by atoms with E-state index in [1.807, 2.05) is 38.2 Å². The molecule has 0 atom stereocenters. The third kappa shape index (κ3) is 5.18. The predicted molar refractivity (Wildman–Crippen MR) is 140 cm³/mol. The number of nitrogens with one attached hydrogen (secondary N) is 3. The molecule has 2 aromatic heterocycles. The second-order valence-corrected chi connectivity index (χ2v) is 8.85. The summed E-state index contributed by atoms with van der Waals surface area (Å²) in [6.07, 6.45) is -2.68. The number of pyridine rings is 1. The van der Waals surface area contributed by atoms with E-state index in [0.717, 1.165) is 39.9 Å². The maximum Gasteiger partial charge on any atom is 0.416 e. The molecule has 5 aromatic rings. The van der Waals surface area contributed by atoms with Gasteiger partial charge < -0.3 is 15.6 Å². The van der Waals surface area contributed by atoms with E-state index in [1.165, 1.54) is 17.7 Å². The number of aromatic amines is 1. The molecule has 3 aromatic carbocycles. The lowest BCUT2D eigenvalue weighted by Gasteiger charge is -2.14. The second-order valence-electron chi connectivity index (χ2n) is 8.85. The Balaban J connectivity index is 1.43. The number of fused-ring (bicyclic) bond motifs is 1. The van der Waals surface area contributed by atoms with Gasteiger partial charge in [-0.1, -0.05) is 42.0 Å². The number of benzene rings is 3. The largest absolute Gasteiger partial charge is 0.416 e. The number of amides is 1. The van der Waals surface area contributed by atoms with Crippen LogP contribution in [0.5, 0.6) is 0 Å². The number of nitrogens with zero attached hydrogens (tertiary/aromatic N) is 1. The molecule has 37 heavy (non-hydrogen) atoms. The number of hydrogen-bond acceptors (Lipinski definition) is 3. The fraction of sp³-hybridized carbons (Fsp3) is 0.103. The topological polar surface area (TPSA) is 69.8 Å². The number of aromatic nitrogens is 2. The summed E-state index contributed by atoms with van der Waals surface area (Å²) in [5.74, 6) is -0.0246. The van der Waals surface area contributed by atoms with E-state index in [4.69, 9.17) is 0 Å². The van der Waals surface area contributed by atoms with E-state index < -0.39 is 17.6 Å². The van der Waals surface area contributed by atoms with Gasteiger partial charge in [0.25, 0.3) is 5.91 Å². The van der Waals surface area contributed by atoms with Crippen LogP contribution < -0.4 is 10.6 Å². The lowest BCUT2D eigenvalue weighted by Crippen LogP contribution is -2.14. The van der Waals surface area contributed by atoms with E-state index in [0.29, 0.717) is 17.2 Å².